The fraction of sp³-hybridized carbons (Fsp3) is 0.733. The molecule has 0 aliphatic carbocycles. The Kier molecular flexibility index (Phi) is 9.87. The molecule has 1 aromatic rings. The van der Waals surface area contributed by atoms with Gasteiger partial charge in [-0.25, -0.2) is 0 Å². The van der Waals surface area contributed by atoms with Crippen molar-refractivity contribution in [2.24, 2.45) is 0 Å². The minimum Gasteiger partial charge on any atom is -0.385 e. The molecule has 0 spiro atoms. The number of ether oxygens (including phenoxy) is 2. The van der Waals surface area contributed by atoms with Gasteiger partial charge in [0, 0.05) is 58.4 Å². The summed E-state index contributed by atoms with van der Waals surface area (Å²) in [5.41, 5.74) is 1.39. The van der Waals surface area contributed by atoms with Gasteiger partial charge in [0.25, 0.3) is 0 Å². The van der Waals surface area contributed by atoms with E-state index in [1.807, 2.05) is 11.3 Å². The molecule has 20 heavy (non-hydrogen) atoms. The van der Waals surface area contributed by atoms with E-state index in [2.05, 4.69) is 28.6 Å². The van der Waals surface area contributed by atoms with Crippen molar-refractivity contribution in [3.05, 3.63) is 21.9 Å². The van der Waals surface area contributed by atoms with E-state index >= 15 is 0 Å². The van der Waals surface area contributed by atoms with E-state index in [1.165, 1.54) is 10.4 Å². The van der Waals surface area contributed by atoms with Gasteiger partial charge >= 0.3 is 0 Å². The average Bonchev–Trinajstić information content (AvgIpc) is 2.85. The lowest BCUT2D eigenvalue weighted by molar-refractivity contribution is 0.133. The molecule has 0 aliphatic rings. The van der Waals surface area contributed by atoms with Crippen LogP contribution in [0.5, 0.6) is 0 Å². The first-order valence-electron chi connectivity index (χ1n) is 7.22. The standard InChI is InChI=1S/C15H28N2O2S/c1-14-5-12-20-15(14)13-16-6-8-17(9-11-19-3)7-4-10-18-2/h5,12,16H,4,6-11,13H2,1-3H3. The second-order valence-electron chi connectivity index (χ2n) is 4.88. The van der Waals surface area contributed by atoms with Crippen molar-refractivity contribution in [3.8, 4) is 0 Å². The Bertz CT molecular complexity index is 344. The lowest BCUT2D eigenvalue weighted by atomic mass is 10.3. The maximum atomic E-state index is 5.17. The van der Waals surface area contributed by atoms with Crippen molar-refractivity contribution < 1.29 is 9.47 Å². The molecule has 1 heterocycles. The van der Waals surface area contributed by atoms with E-state index in [0.29, 0.717) is 0 Å². The molecule has 0 unspecified atom stereocenters. The van der Waals surface area contributed by atoms with Crippen LogP contribution in [0.25, 0.3) is 0 Å². The van der Waals surface area contributed by atoms with Crippen LogP contribution in [0.3, 0.4) is 0 Å². The normalized spacial score (nSPS) is 11.4. The maximum Gasteiger partial charge on any atom is 0.0589 e. The third kappa shape index (κ3) is 7.36. The number of hydrogen-bond donors (Lipinski definition) is 1. The molecule has 4 nitrogen and oxygen atoms in total. The number of rotatable bonds is 12. The van der Waals surface area contributed by atoms with Gasteiger partial charge in [-0.1, -0.05) is 0 Å². The fourth-order valence-electron chi connectivity index (χ4n) is 2.01. The zero-order valence-corrected chi connectivity index (χ0v) is 13.8. The maximum absolute atomic E-state index is 5.17. The third-order valence-corrected chi connectivity index (χ3v) is 4.32. The Morgan fingerprint density at radius 2 is 1.95 bits per heavy atom. The minimum absolute atomic E-state index is 0.789. The number of nitrogens with one attached hydrogen (secondary N) is 1. The Balaban J connectivity index is 2.17. The van der Waals surface area contributed by atoms with Gasteiger partial charge in [0.05, 0.1) is 6.61 Å². The lowest BCUT2D eigenvalue weighted by Gasteiger charge is -2.22. The molecule has 1 N–H and O–H groups in total. The number of aryl methyl sites for hydroxylation is 1. The highest BCUT2D eigenvalue weighted by Crippen LogP contribution is 2.14. The van der Waals surface area contributed by atoms with Gasteiger partial charge in [-0.05, 0) is 30.4 Å². The first kappa shape index (κ1) is 17.6. The molecule has 0 aromatic carbocycles. The molecule has 0 bridgehead atoms. The molecule has 0 fully saturated rings. The van der Waals surface area contributed by atoms with Crippen molar-refractivity contribution in [3.63, 3.8) is 0 Å². The van der Waals surface area contributed by atoms with Crippen molar-refractivity contribution in [2.45, 2.75) is 19.9 Å². The van der Waals surface area contributed by atoms with Crippen molar-refractivity contribution in [1.29, 1.82) is 0 Å². The molecule has 1 rings (SSSR count). The SMILES string of the molecule is COCCCN(CCNCc1sccc1C)CCOC. The molecule has 5 heteroatoms. The van der Waals surface area contributed by atoms with Gasteiger partial charge in [0.15, 0.2) is 0 Å². The Hall–Kier alpha value is -0.460. The van der Waals surface area contributed by atoms with Crippen LogP contribution in [-0.2, 0) is 16.0 Å². The van der Waals surface area contributed by atoms with Crippen LogP contribution in [-0.4, -0.2) is 58.5 Å². The number of hydrogen-bond acceptors (Lipinski definition) is 5. The molecule has 0 amide bonds. The zero-order chi connectivity index (χ0) is 14.6. The summed E-state index contributed by atoms with van der Waals surface area (Å²) in [6.07, 6.45) is 1.07. The second kappa shape index (κ2) is 11.2. The first-order valence-corrected chi connectivity index (χ1v) is 8.09. The van der Waals surface area contributed by atoms with Crippen molar-refractivity contribution >= 4 is 11.3 Å². The molecule has 0 radical (unpaired) electrons. The Morgan fingerprint density at radius 1 is 1.15 bits per heavy atom. The molecule has 0 saturated carbocycles. The monoisotopic (exact) mass is 300 g/mol. The van der Waals surface area contributed by atoms with Crippen LogP contribution in [0.4, 0.5) is 0 Å². The predicted octanol–water partition coefficient (Wildman–Crippen LogP) is 2.13. The topological polar surface area (TPSA) is 33.7 Å². The molecular formula is C15H28N2O2S. The predicted molar refractivity (Wildman–Crippen MR) is 85.6 cm³/mol. The zero-order valence-electron chi connectivity index (χ0n) is 13.0. The van der Waals surface area contributed by atoms with Gasteiger partial charge in [-0.15, -0.1) is 11.3 Å². The van der Waals surface area contributed by atoms with E-state index in [-0.39, 0.29) is 0 Å². The van der Waals surface area contributed by atoms with Crippen LogP contribution in [0.2, 0.25) is 0 Å². The second-order valence-corrected chi connectivity index (χ2v) is 5.89. The van der Waals surface area contributed by atoms with Crippen LogP contribution in [0.1, 0.15) is 16.9 Å². The summed E-state index contributed by atoms with van der Waals surface area (Å²) in [5, 5.41) is 5.68. The minimum atomic E-state index is 0.789. The Labute approximate surface area is 127 Å². The average molecular weight is 300 g/mol. The molecule has 116 valence electrons. The first-order chi connectivity index (χ1) is 9.77. The van der Waals surface area contributed by atoms with Crippen LogP contribution in [0, 0.1) is 6.92 Å². The Morgan fingerprint density at radius 3 is 2.60 bits per heavy atom. The summed E-state index contributed by atoms with van der Waals surface area (Å²) in [7, 11) is 3.51. The third-order valence-electron chi connectivity index (χ3n) is 3.29. The van der Waals surface area contributed by atoms with Gasteiger partial charge in [-0.2, -0.15) is 0 Å². The summed E-state index contributed by atoms with van der Waals surface area (Å²) in [5.74, 6) is 0. The highest BCUT2D eigenvalue weighted by atomic mass is 32.1. The number of nitrogens with zero attached hydrogens (tertiary/aromatic N) is 1. The van der Waals surface area contributed by atoms with Crippen LogP contribution >= 0.6 is 11.3 Å². The molecule has 0 aliphatic heterocycles. The van der Waals surface area contributed by atoms with E-state index < -0.39 is 0 Å². The molecule has 0 saturated heterocycles. The highest BCUT2D eigenvalue weighted by Gasteiger charge is 2.05. The van der Waals surface area contributed by atoms with Gasteiger partial charge in [0.1, 0.15) is 0 Å². The smallest absolute Gasteiger partial charge is 0.0589 e. The number of thiophene rings is 1. The van der Waals surface area contributed by atoms with E-state index in [1.54, 1.807) is 14.2 Å². The van der Waals surface area contributed by atoms with Crippen LogP contribution in [0.15, 0.2) is 11.4 Å². The molecule has 1 aromatic heterocycles. The molecule has 0 atom stereocenters. The van der Waals surface area contributed by atoms with E-state index in [9.17, 15) is 0 Å². The van der Waals surface area contributed by atoms with Crippen molar-refractivity contribution in [1.82, 2.24) is 10.2 Å². The summed E-state index contributed by atoms with van der Waals surface area (Å²) < 4.78 is 10.3. The summed E-state index contributed by atoms with van der Waals surface area (Å²) in [6, 6.07) is 2.18. The molecular weight excluding hydrogens is 272 g/mol. The van der Waals surface area contributed by atoms with Gasteiger partial charge < -0.3 is 14.8 Å². The van der Waals surface area contributed by atoms with Crippen molar-refractivity contribution in [2.75, 3.05) is 53.6 Å². The van der Waals surface area contributed by atoms with E-state index in [0.717, 1.165) is 52.4 Å². The quantitative estimate of drug-likeness (QED) is 0.600. The highest BCUT2D eigenvalue weighted by molar-refractivity contribution is 7.10. The largest absolute Gasteiger partial charge is 0.385 e. The number of methoxy groups -OCH3 is 2. The lowest BCUT2D eigenvalue weighted by Crippen LogP contribution is -2.35. The van der Waals surface area contributed by atoms with Gasteiger partial charge in [0.2, 0.25) is 0 Å². The summed E-state index contributed by atoms with van der Waals surface area (Å²) in [6.45, 7) is 8.87. The van der Waals surface area contributed by atoms with E-state index in [4.69, 9.17) is 9.47 Å². The fourth-order valence-corrected chi connectivity index (χ4v) is 2.89. The summed E-state index contributed by atoms with van der Waals surface area (Å²) >= 11 is 1.83. The summed E-state index contributed by atoms with van der Waals surface area (Å²) in [4.78, 5) is 3.87. The van der Waals surface area contributed by atoms with Gasteiger partial charge in [-0.3, -0.25) is 4.90 Å². The van der Waals surface area contributed by atoms with Crippen LogP contribution < -0.4 is 5.32 Å².